The highest BCUT2D eigenvalue weighted by Gasteiger charge is 2.26. The van der Waals surface area contributed by atoms with E-state index in [9.17, 15) is 9.90 Å². The molecular formula is C20H23N3O2. The van der Waals surface area contributed by atoms with E-state index < -0.39 is 0 Å². The number of amides is 1. The van der Waals surface area contributed by atoms with E-state index in [2.05, 4.69) is 5.32 Å². The minimum atomic E-state index is -0.104. The molecule has 4 rings (SSSR count). The second kappa shape index (κ2) is 6.47. The molecule has 1 aromatic heterocycles. The summed E-state index contributed by atoms with van der Waals surface area (Å²) in [5.41, 5.74) is 4.94. The molecule has 25 heavy (non-hydrogen) atoms. The first-order valence-electron chi connectivity index (χ1n) is 9.12. The third-order valence-corrected chi connectivity index (χ3v) is 5.26. The number of aryl methyl sites for hydroxylation is 2. The monoisotopic (exact) mass is 337 g/mol. The van der Waals surface area contributed by atoms with Gasteiger partial charge in [-0.05, 0) is 49.4 Å². The van der Waals surface area contributed by atoms with Crippen LogP contribution in [0.5, 0.6) is 5.75 Å². The van der Waals surface area contributed by atoms with Crippen molar-refractivity contribution in [3.63, 3.8) is 0 Å². The van der Waals surface area contributed by atoms with Gasteiger partial charge in [-0.15, -0.1) is 0 Å². The lowest BCUT2D eigenvalue weighted by atomic mass is 9.85. The molecule has 2 N–H and O–H groups in total. The number of aromatic nitrogens is 2. The zero-order valence-corrected chi connectivity index (χ0v) is 14.5. The smallest absolute Gasteiger partial charge is 0.222 e. The van der Waals surface area contributed by atoms with Crippen LogP contribution >= 0.6 is 0 Å². The van der Waals surface area contributed by atoms with Crippen molar-refractivity contribution in [2.24, 2.45) is 0 Å². The molecule has 0 saturated heterocycles. The van der Waals surface area contributed by atoms with Crippen molar-refractivity contribution in [3.8, 4) is 17.0 Å². The number of phenols is 1. The first-order valence-corrected chi connectivity index (χ1v) is 9.12. The van der Waals surface area contributed by atoms with Crippen LogP contribution in [0.2, 0.25) is 0 Å². The summed E-state index contributed by atoms with van der Waals surface area (Å²) in [4.78, 5) is 21.4. The number of carbonyl (C=O) groups is 1. The summed E-state index contributed by atoms with van der Waals surface area (Å²) in [6.07, 6.45) is 7.47. The van der Waals surface area contributed by atoms with Crippen molar-refractivity contribution in [3.05, 3.63) is 35.2 Å². The third kappa shape index (κ3) is 3.11. The van der Waals surface area contributed by atoms with Gasteiger partial charge in [-0.3, -0.25) is 4.79 Å². The van der Waals surface area contributed by atoms with Crippen molar-refractivity contribution in [2.45, 2.75) is 57.8 Å². The number of rotatable bonds is 2. The van der Waals surface area contributed by atoms with Crippen LogP contribution < -0.4 is 5.32 Å². The Morgan fingerprint density at radius 3 is 2.72 bits per heavy atom. The topological polar surface area (TPSA) is 75.1 Å². The quantitative estimate of drug-likeness (QED) is 0.870. The van der Waals surface area contributed by atoms with E-state index in [4.69, 9.17) is 9.97 Å². The van der Waals surface area contributed by atoms with Crippen molar-refractivity contribution < 1.29 is 9.90 Å². The third-order valence-electron chi connectivity index (χ3n) is 5.26. The average Bonchev–Trinajstić information content (AvgIpc) is 2.61. The number of fused-ring (bicyclic) bond motifs is 3. The molecule has 0 atom stereocenters. The fourth-order valence-corrected chi connectivity index (χ4v) is 4.06. The number of nitrogens with zero attached hydrogens (tertiary/aromatic N) is 2. The van der Waals surface area contributed by atoms with E-state index in [1.165, 1.54) is 26.2 Å². The van der Waals surface area contributed by atoms with Crippen LogP contribution in [-0.4, -0.2) is 21.0 Å². The van der Waals surface area contributed by atoms with Crippen molar-refractivity contribution in [2.75, 3.05) is 5.32 Å². The van der Waals surface area contributed by atoms with Crippen molar-refractivity contribution in [1.82, 2.24) is 9.97 Å². The van der Waals surface area contributed by atoms with Gasteiger partial charge in [0.2, 0.25) is 5.91 Å². The predicted molar refractivity (Wildman–Crippen MR) is 96.7 cm³/mol. The lowest BCUT2D eigenvalue weighted by Gasteiger charge is -2.26. The number of benzene rings is 1. The van der Waals surface area contributed by atoms with Crippen LogP contribution in [0.4, 0.5) is 5.82 Å². The number of nitrogens with one attached hydrogen (secondary N) is 1. The molecule has 1 saturated carbocycles. The summed E-state index contributed by atoms with van der Waals surface area (Å²) in [7, 11) is 0. The lowest BCUT2D eigenvalue weighted by molar-refractivity contribution is -0.114. The van der Waals surface area contributed by atoms with Crippen molar-refractivity contribution in [1.29, 1.82) is 0 Å². The molecule has 2 aliphatic rings. The number of carbonyl (C=O) groups excluding carboxylic acids is 1. The molecule has 5 nitrogen and oxygen atoms in total. The van der Waals surface area contributed by atoms with E-state index >= 15 is 0 Å². The summed E-state index contributed by atoms with van der Waals surface area (Å²) in [6.45, 7) is 1.52. The molecule has 1 aromatic carbocycles. The van der Waals surface area contributed by atoms with Gasteiger partial charge >= 0.3 is 0 Å². The Kier molecular flexibility index (Phi) is 4.15. The minimum absolute atomic E-state index is 0.104. The van der Waals surface area contributed by atoms with Crippen LogP contribution in [0.15, 0.2) is 18.2 Å². The molecule has 0 bridgehead atoms. The highest BCUT2D eigenvalue weighted by molar-refractivity contribution is 5.88. The fourth-order valence-electron chi connectivity index (χ4n) is 4.06. The maximum Gasteiger partial charge on any atom is 0.222 e. The second-order valence-corrected chi connectivity index (χ2v) is 7.11. The van der Waals surface area contributed by atoms with Gasteiger partial charge in [-0.2, -0.15) is 0 Å². The Bertz CT molecular complexity index is 826. The van der Waals surface area contributed by atoms with Crippen LogP contribution in [-0.2, 0) is 17.6 Å². The highest BCUT2D eigenvalue weighted by Crippen LogP contribution is 2.39. The predicted octanol–water partition coefficient (Wildman–Crippen LogP) is 3.95. The molecule has 130 valence electrons. The molecule has 2 aliphatic carbocycles. The summed E-state index contributed by atoms with van der Waals surface area (Å²) >= 11 is 0. The van der Waals surface area contributed by atoms with Gasteiger partial charge in [0.1, 0.15) is 5.75 Å². The number of hydrogen-bond donors (Lipinski definition) is 2. The van der Waals surface area contributed by atoms with Crippen LogP contribution in [0, 0.1) is 0 Å². The number of phenolic OH excluding ortho intramolecular Hbond substituents is 1. The minimum Gasteiger partial charge on any atom is -0.508 e. The normalized spacial score (nSPS) is 16.8. The number of aromatic hydroxyl groups is 1. The van der Waals surface area contributed by atoms with Gasteiger partial charge in [-0.1, -0.05) is 19.3 Å². The molecule has 0 aliphatic heterocycles. The molecule has 1 fully saturated rings. The molecule has 5 heteroatoms. The largest absolute Gasteiger partial charge is 0.508 e. The van der Waals surface area contributed by atoms with Gasteiger partial charge in [0, 0.05) is 18.4 Å². The zero-order chi connectivity index (χ0) is 17.4. The van der Waals surface area contributed by atoms with Crippen LogP contribution in [0.3, 0.4) is 0 Å². The lowest BCUT2D eigenvalue weighted by Crippen LogP contribution is -2.19. The number of anilines is 1. The van der Waals surface area contributed by atoms with Gasteiger partial charge in [0.05, 0.1) is 17.1 Å². The van der Waals surface area contributed by atoms with E-state index in [1.54, 1.807) is 6.07 Å². The molecule has 1 amide bonds. The number of hydrogen-bond acceptors (Lipinski definition) is 4. The summed E-state index contributed by atoms with van der Waals surface area (Å²) in [5, 5.41) is 12.7. The Balaban J connectivity index is 1.83. The molecule has 0 unspecified atom stereocenters. The average molecular weight is 337 g/mol. The highest BCUT2D eigenvalue weighted by atomic mass is 16.3. The Morgan fingerprint density at radius 1 is 1.16 bits per heavy atom. The first kappa shape index (κ1) is 16.1. The van der Waals surface area contributed by atoms with E-state index in [0.717, 1.165) is 53.9 Å². The molecule has 0 radical (unpaired) electrons. The maximum atomic E-state index is 11.6. The SMILES string of the molecule is CC(=O)Nc1nc2c(nc1C1CCCCC1)-c1ccc(O)cc1CC2. The summed E-state index contributed by atoms with van der Waals surface area (Å²) in [5.74, 6) is 1.18. The van der Waals surface area contributed by atoms with Gasteiger partial charge in [0.25, 0.3) is 0 Å². The first-order chi connectivity index (χ1) is 12.1. The van der Waals surface area contributed by atoms with E-state index in [-0.39, 0.29) is 11.7 Å². The molecule has 1 heterocycles. The van der Waals surface area contributed by atoms with E-state index in [1.807, 2.05) is 12.1 Å². The molecule has 2 aromatic rings. The van der Waals surface area contributed by atoms with Gasteiger partial charge in [0.15, 0.2) is 5.82 Å². The van der Waals surface area contributed by atoms with Gasteiger partial charge in [-0.25, -0.2) is 9.97 Å². The van der Waals surface area contributed by atoms with Gasteiger partial charge < -0.3 is 10.4 Å². The Labute approximate surface area is 147 Å². The molecule has 0 spiro atoms. The van der Waals surface area contributed by atoms with Crippen molar-refractivity contribution >= 4 is 11.7 Å². The standard InChI is InChI=1S/C20H23N3O2/c1-12(24)21-20-18(13-5-3-2-4-6-13)23-19-16-9-8-15(25)11-14(16)7-10-17(19)22-20/h8-9,11,13,25H,2-7,10H2,1H3,(H,21,22,24). The fraction of sp³-hybridized carbons (Fsp3) is 0.450. The van der Waals surface area contributed by atoms with Crippen LogP contribution in [0.1, 0.15) is 61.9 Å². The maximum absolute atomic E-state index is 11.6. The zero-order valence-electron chi connectivity index (χ0n) is 14.5. The van der Waals surface area contributed by atoms with E-state index in [0.29, 0.717) is 11.7 Å². The summed E-state index contributed by atoms with van der Waals surface area (Å²) < 4.78 is 0. The second-order valence-electron chi connectivity index (χ2n) is 7.11. The Hall–Kier alpha value is -2.43. The molecular weight excluding hydrogens is 314 g/mol. The Morgan fingerprint density at radius 2 is 1.96 bits per heavy atom. The van der Waals surface area contributed by atoms with Crippen LogP contribution in [0.25, 0.3) is 11.3 Å². The summed E-state index contributed by atoms with van der Waals surface area (Å²) in [6, 6.07) is 5.46.